The van der Waals surface area contributed by atoms with Crippen molar-refractivity contribution in [1.29, 1.82) is 0 Å². The lowest BCUT2D eigenvalue weighted by atomic mass is 9.68. The van der Waals surface area contributed by atoms with E-state index in [1.54, 1.807) is 7.11 Å². The Balaban J connectivity index is 1.47. The van der Waals surface area contributed by atoms with Crippen molar-refractivity contribution in [3.05, 3.63) is 0 Å². The lowest BCUT2D eigenvalue weighted by Crippen LogP contribution is -2.56. The molecular weight excluding hydrogens is 382 g/mol. The van der Waals surface area contributed by atoms with E-state index in [1.165, 1.54) is 6.42 Å². The molecule has 0 aromatic rings. The van der Waals surface area contributed by atoms with Crippen LogP contribution in [0.5, 0.6) is 0 Å². The maximum absolute atomic E-state index is 13.0. The molecule has 30 heavy (non-hydrogen) atoms. The summed E-state index contributed by atoms with van der Waals surface area (Å²) in [4.78, 5) is 14.9. The third-order valence-corrected chi connectivity index (χ3v) is 8.51. The van der Waals surface area contributed by atoms with E-state index in [0.29, 0.717) is 11.8 Å². The van der Waals surface area contributed by atoms with Crippen molar-refractivity contribution in [3.63, 3.8) is 0 Å². The Hall–Kier alpha value is -0.850. The molecule has 8 atom stereocenters. The van der Waals surface area contributed by atoms with Gasteiger partial charge in [-0.25, -0.2) is 4.79 Å². The van der Waals surface area contributed by atoms with Crippen LogP contribution in [0.15, 0.2) is 0 Å². The fourth-order valence-electron chi connectivity index (χ4n) is 5.90. The van der Waals surface area contributed by atoms with Crippen molar-refractivity contribution < 1.29 is 23.7 Å². The minimum atomic E-state index is -0.274. The second kappa shape index (κ2) is 8.25. The number of epoxide rings is 2. The molecule has 0 radical (unpaired) electrons. The van der Waals surface area contributed by atoms with Crippen molar-refractivity contribution in [1.82, 2.24) is 4.90 Å². The molecule has 0 aromatic heterocycles. The van der Waals surface area contributed by atoms with Crippen LogP contribution in [0, 0.1) is 17.8 Å². The molecule has 3 saturated heterocycles. The summed E-state index contributed by atoms with van der Waals surface area (Å²) in [6.07, 6.45) is 5.60. The quantitative estimate of drug-likeness (QED) is 0.593. The van der Waals surface area contributed by atoms with Crippen molar-refractivity contribution >= 4 is 6.09 Å². The lowest BCUT2D eigenvalue weighted by molar-refractivity contribution is -0.123. The maximum Gasteiger partial charge on any atom is 0.410 e. The van der Waals surface area contributed by atoms with E-state index in [-0.39, 0.29) is 47.6 Å². The molecule has 1 amide bonds. The topological polar surface area (TPSA) is 63.8 Å². The molecule has 1 spiro atoms. The third-order valence-electron chi connectivity index (χ3n) is 8.51. The molecule has 1 saturated carbocycles. The Morgan fingerprint density at radius 2 is 1.97 bits per heavy atom. The SMILES string of the molecule is COC1C(OC(=O)N2CCCCC2C)CCC2(CO2)C1C1(C)OC1CC(C)C(C)C. The summed E-state index contributed by atoms with van der Waals surface area (Å²) < 4.78 is 24.5. The smallest absolute Gasteiger partial charge is 0.410 e. The summed E-state index contributed by atoms with van der Waals surface area (Å²) in [7, 11) is 1.74. The van der Waals surface area contributed by atoms with Crippen molar-refractivity contribution in [2.75, 3.05) is 20.3 Å². The number of carbonyl (C=O) groups excluding carboxylic acids is 1. The third kappa shape index (κ3) is 4.00. The first-order valence-electron chi connectivity index (χ1n) is 12.0. The zero-order chi connectivity index (χ0) is 21.7. The molecule has 1 aliphatic carbocycles. The van der Waals surface area contributed by atoms with Gasteiger partial charge in [0.25, 0.3) is 0 Å². The number of hydrogen-bond donors (Lipinski definition) is 0. The molecular formula is C24H41NO5. The highest BCUT2D eigenvalue weighted by Crippen LogP contribution is 2.60. The van der Waals surface area contributed by atoms with Crippen LogP contribution in [0.4, 0.5) is 4.79 Å². The molecule has 3 heterocycles. The summed E-state index contributed by atoms with van der Waals surface area (Å²) in [5.74, 6) is 1.32. The van der Waals surface area contributed by atoms with E-state index in [2.05, 4.69) is 34.6 Å². The van der Waals surface area contributed by atoms with Gasteiger partial charge in [0.15, 0.2) is 0 Å². The first-order chi connectivity index (χ1) is 14.2. The second-order valence-electron chi connectivity index (χ2n) is 10.8. The maximum atomic E-state index is 13.0. The van der Waals surface area contributed by atoms with Gasteiger partial charge in [0, 0.05) is 19.7 Å². The number of methoxy groups -OCH3 is 1. The molecule has 4 aliphatic rings. The van der Waals surface area contributed by atoms with E-state index < -0.39 is 0 Å². The van der Waals surface area contributed by atoms with Crippen LogP contribution in [0.2, 0.25) is 0 Å². The van der Waals surface area contributed by atoms with Gasteiger partial charge in [0.2, 0.25) is 0 Å². The van der Waals surface area contributed by atoms with Crippen molar-refractivity contribution in [2.45, 2.75) is 109 Å². The monoisotopic (exact) mass is 423 g/mol. The van der Waals surface area contributed by atoms with Gasteiger partial charge in [0.05, 0.1) is 18.6 Å². The fraction of sp³-hybridized carbons (Fsp3) is 0.958. The number of hydrogen-bond acceptors (Lipinski definition) is 5. The van der Waals surface area contributed by atoms with E-state index in [9.17, 15) is 4.79 Å². The van der Waals surface area contributed by atoms with Crippen LogP contribution in [0.25, 0.3) is 0 Å². The van der Waals surface area contributed by atoms with Crippen LogP contribution in [-0.4, -0.2) is 66.8 Å². The molecule has 172 valence electrons. The average molecular weight is 424 g/mol. The standard InChI is InChI=1S/C24H41NO5/c1-15(2)16(3)13-19-23(5,30-19)21-20(27-6)18(10-11-24(21)14-28-24)29-22(26)25-12-8-7-9-17(25)4/h15-21H,7-14H2,1-6H3. The molecule has 8 unspecified atom stereocenters. The Kier molecular flexibility index (Phi) is 6.15. The molecule has 6 heteroatoms. The number of ether oxygens (including phenoxy) is 4. The zero-order valence-corrected chi connectivity index (χ0v) is 19.7. The van der Waals surface area contributed by atoms with E-state index >= 15 is 0 Å². The van der Waals surface area contributed by atoms with Gasteiger partial charge in [-0.15, -0.1) is 0 Å². The Morgan fingerprint density at radius 3 is 2.57 bits per heavy atom. The molecule has 4 fully saturated rings. The Morgan fingerprint density at radius 1 is 1.23 bits per heavy atom. The van der Waals surface area contributed by atoms with E-state index in [1.807, 2.05) is 4.90 Å². The van der Waals surface area contributed by atoms with Gasteiger partial charge in [0.1, 0.15) is 23.4 Å². The number of piperidine rings is 1. The van der Waals surface area contributed by atoms with Gasteiger partial charge in [-0.1, -0.05) is 20.8 Å². The summed E-state index contributed by atoms with van der Waals surface area (Å²) >= 11 is 0. The normalized spacial score (nSPS) is 44.2. The predicted octanol–water partition coefficient (Wildman–Crippen LogP) is 4.40. The minimum Gasteiger partial charge on any atom is -0.443 e. The van der Waals surface area contributed by atoms with Crippen molar-refractivity contribution in [2.24, 2.45) is 17.8 Å². The lowest BCUT2D eigenvalue weighted by Gasteiger charge is -2.43. The largest absolute Gasteiger partial charge is 0.443 e. The number of rotatable bonds is 6. The van der Waals surface area contributed by atoms with Gasteiger partial charge >= 0.3 is 6.09 Å². The molecule has 3 aliphatic heterocycles. The molecule has 0 aromatic carbocycles. The summed E-state index contributed by atoms with van der Waals surface area (Å²) in [5, 5.41) is 0. The fourth-order valence-corrected chi connectivity index (χ4v) is 5.90. The molecule has 0 N–H and O–H groups in total. The van der Waals surface area contributed by atoms with Crippen LogP contribution < -0.4 is 0 Å². The summed E-state index contributed by atoms with van der Waals surface area (Å²) in [5.41, 5.74) is -0.448. The summed E-state index contributed by atoms with van der Waals surface area (Å²) in [6.45, 7) is 12.7. The summed E-state index contributed by atoms with van der Waals surface area (Å²) in [6, 6.07) is 0.246. The van der Waals surface area contributed by atoms with E-state index in [0.717, 1.165) is 45.3 Å². The Bertz CT molecular complexity index is 635. The van der Waals surface area contributed by atoms with E-state index in [4.69, 9.17) is 18.9 Å². The van der Waals surface area contributed by atoms with Crippen LogP contribution in [0.1, 0.15) is 73.1 Å². The first-order valence-corrected chi connectivity index (χ1v) is 12.0. The van der Waals surface area contributed by atoms with Gasteiger partial charge < -0.3 is 23.8 Å². The van der Waals surface area contributed by atoms with Crippen LogP contribution in [0.3, 0.4) is 0 Å². The highest BCUT2D eigenvalue weighted by Gasteiger charge is 2.72. The molecule has 6 nitrogen and oxygen atoms in total. The highest BCUT2D eigenvalue weighted by molar-refractivity contribution is 5.68. The number of nitrogens with zero attached hydrogens (tertiary/aromatic N) is 1. The second-order valence-corrected chi connectivity index (χ2v) is 10.8. The number of carbonyl (C=O) groups is 1. The number of likely N-dealkylation sites (tertiary alicyclic amines) is 1. The van der Waals surface area contributed by atoms with Crippen LogP contribution >= 0.6 is 0 Å². The van der Waals surface area contributed by atoms with Crippen molar-refractivity contribution in [3.8, 4) is 0 Å². The number of amides is 1. The predicted molar refractivity (Wildman–Crippen MR) is 114 cm³/mol. The molecule has 0 bridgehead atoms. The van der Waals surface area contributed by atoms with Crippen LogP contribution in [-0.2, 0) is 18.9 Å². The highest BCUT2D eigenvalue weighted by atomic mass is 16.6. The first kappa shape index (κ1) is 22.3. The molecule has 4 rings (SSSR count). The van der Waals surface area contributed by atoms with Gasteiger partial charge in [-0.05, 0) is 64.2 Å². The minimum absolute atomic E-state index is 0.0877. The Labute approximate surface area is 181 Å². The average Bonchev–Trinajstić information content (AvgIpc) is 3.61. The van der Waals surface area contributed by atoms with Gasteiger partial charge in [-0.3, -0.25) is 0 Å². The van der Waals surface area contributed by atoms with Gasteiger partial charge in [-0.2, -0.15) is 0 Å². The zero-order valence-electron chi connectivity index (χ0n) is 19.7.